The van der Waals surface area contributed by atoms with E-state index in [2.05, 4.69) is 34.6 Å². The Labute approximate surface area is 109 Å². The topological polar surface area (TPSA) is 54.5 Å². The molecular formula is C13H21BN4. The van der Waals surface area contributed by atoms with Crippen LogP contribution in [0.15, 0.2) is 0 Å². The van der Waals surface area contributed by atoms with E-state index in [1.807, 2.05) is 13.8 Å². The molecule has 0 radical (unpaired) electrons. The molecule has 3 atom stereocenters. The lowest BCUT2D eigenvalue weighted by atomic mass is 9.38. The normalized spacial score (nSPS) is 25.2. The van der Waals surface area contributed by atoms with Crippen LogP contribution in [0.3, 0.4) is 0 Å². The number of aryl methyl sites for hydroxylation is 2. The molecule has 0 N–H and O–H groups in total. The number of aromatic nitrogens is 3. The highest BCUT2D eigenvalue weighted by molar-refractivity contribution is 6.70. The highest BCUT2D eigenvalue weighted by atomic mass is 15.3. The fourth-order valence-electron chi connectivity index (χ4n) is 3.45. The van der Waals surface area contributed by atoms with Crippen LogP contribution in [0.5, 0.6) is 0 Å². The zero-order valence-electron chi connectivity index (χ0n) is 11.7. The van der Waals surface area contributed by atoms with E-state index in [1.54, 1.807) is 0 Å². The van der Waals surface area contributed by atoms with Gasteiger partial charge >= 0.3 is 0 Å². The smallest absolute Gasteiger partial charge is 0.273 e. The van der Waals surface area contributed by atoms with Gasteiger partial charge in [0.1, 0.15) is 11.6 Å². The second kappa shape index (κ2) is 5.13. The minimum Gasteiger partial charge on any atom is -0.313 e. The first-order valence-electron chi connectivity index (χ1n) is 6.82. The lowest BCUT2D eigenvalue weighted by Gasteiger charge is -2.21. The van der Waals surface area contributed by atoms with Crippen molar-refractivity contribution in [3.63, 3.8) is 0 Å². The van der Waals surface area contributed by atoms with E-state index < -0.39 is 0 Å². The zero-order chi connectivity index (χ0) is 13.3. The molecule has 0 amide bonds. The summed E-state index contributed by atoms with van der Waals surface area (Å²) >= 11 is 0. The van der Waals surface area contributed by atoms with Crippen molar-refractivity contribution in [1.82, 2.24) is 14.8 Å². The molecule has 1 aliphatic heterocycles. The molecule has 96 valence electrons. The van der Waals surface area contributed by atoms with Gasteiger partial charge in [-0.25, -0.2) is 5.26 Å². The van der Waals surface area contributed by atoms with Crippen LogP contribution in [-0.4, -0.2) is 21.5 Å². The Hall–Kier alpha value is -1.31. The van der Waals surface area contributed by atoms with Crippen LogP contribution < -0.4 is 0 Å². The first kappa shape index (κ1) is 13.1. The number of rotatable bonds is 3. The predicted octanol–water partition coefficient (Wildman–Crippen LogP) is 2.96. The van der Waals surface area contributed by atoms with Crippen molar-refractivity contribution in [2.45, 2.75) is 64.6 Å². The SMILES string of the molecule is Cc1nnc(C)n1C(C)CC1CCC(C)B1C#N. The van der Waals surface area contributed by atoms with Crippen molar-refractivity contribution in [2.24, 2.45) is 0 Å². The number of hydrogen-bond donors (Lipinski definition) is 0. The Morgan fingerprint density at radius 3 is 2.56 bits per heavy atom. The van der Waals surface area contributed by atoms with Crippen LogP contribution in [0.2, 0.25) is 11.6 Å². The van der Waals surface area contributed by atoms with Gasteiger partial charge < -0.3 is 4.57 Å². The quantitative estimate of drug-likeness (QED) is 0.768. The van der Waals surface area contributed by atoms with Crippen LogP contribution in [0.25, 0.3) is 0 Å². The van der Waals surface area contributed by atoms with Crippen molar-refractivity contribution in [2.75, 3.05) is 0 Å². The Morgan fingerprint density at radius 1 is 1.39 bits per heavy atom. The molecule has 0 spiro atoms. The third kappa shape index (κ3) is 2.29. The Balaban J connectivity index is 2.09. The van der Waals surface area contributed by atoms with Gasteiger partial charge in [0, 0.05) is 12.0 Å². The first-order chi connectivity index (χ1) is 8.54. The Morgan fingerprint density at radius 2 is 2.00 bits per heavy atom. The van der Waals surface area contributed by atoms with Gasteiger partial charge in [-0.2, -0.15) is 0 Å². The molecule has 5 heteroatoms. The second-order valence-corrected chi connectivity index (χ2v) is 5.72. The molecule has 0 aliphatic carbocycles. The largest absolute Gasteiger partial charge is 0.313 e. The van der Waals surface area contributed by atoms with E-state index in [9.17, 15) is 5.26 Å². The Kier molecular flexibility index (Phi) is 3.75. The van der Waals surface area contributed by atoms with Gasteiger partial charge in [0.05, 0.1) is 0 Å². The molecule has 2 heterocycles. The molecule has 1 fully saturated rings. The molecule has 0 saturated carbocycles. The minimum absolute atomic E-state index is 0.226. The lowest BCUT2D eigenvalue weighted by Crippen LogP contribution is -2.20. The van der Waals surface area contributed by atoms with E-state index in [-0.39, 0.29) is 6.71 Å². The highest BCUT2D eigenvalue weighted by Gasteiger charge is 2.38. The van der Waals surface area contributed by atoms with Gasteiger partial charge in [-0.3, -0.25) is 0 Å². The van der Waals surface area contributed by atoms with Gasteiger partial charge in [0.15, 0.2) is 0 Å². The fraction of sp³-hybridized carbons (Fsp3) is 0.769. The summed E-state index contributed by atoms with van der Waals surface area (Å²) in [5.41, 5.74) is 0. The molecule has 0 bridgehead atoms. The molecule has 18 heavy (non-hydrogen) atoms. The molecule has 3 unspecified atom stereocenters. The molecular weight excluding hydrogens is 223 g/mol. The summed E-state index contributed by atoms with van der Waals surface area (Å²) in [5.74, 6) is 5.53. The molecule has 1 aliphatic rings. The van der Waals surface area contributed by atoms with Gasteiger partial charge in [-0.05, 0) is 33.0 Å². The summed E-state index contributed by atoms with van der Waals surface area (Å²) in [6, 6.07) is 0.381. The molecule has 0 aromatic carbocycles. The third-order valence-electron chi connectivity index (χ3n) is 4.38. The standard InChI is InChI=1S/C13H21BN4/c1-9-5-6-13(14(9)8-15)7-10(2)18-11(3)16-17-12(18)4/h9-10,13H,5-7H2,1-4H3. The second-order valence-electron chi connectivity index (χ2n) is 5.72. The summed E-state index contributed by atoms with van der Waals surface area (Å²) in [7, 11) is 0. The summed E-state index contributed by atoms with van der Waals surface area (Å²) in [5, 5.41) is 17.5. The third-order valence-corrected chi connectivity index (χ3v) is 4.38. The van der Waals surface area contributed by atoms with Gasteiger partial charge in [-0.1, -0.05) is 25.6 Å². The molecule has 1 aromatic heterocycles. The van der Waals surface area contributed by atoms with E-state index in [0.717, 1.165) is 18.1 Å². The monoisotopic (exact) mass is 244 g/mol. The summed E-state index contributed by atoms with van der Waals surface area (Å²) < 4.78 is 2.19. The van der Waals surface area contributed by atoms with Crippen molar-refractivity contribution in [3.8, 4) is 5.97 Å². The average Bonchev–Trinajstić information content (AvgIpc) is 2.83. The maximum absolute atomic E-state index is 9.28. The summed E-state index contributed by atoms with van der Waals surface area (Å²) in [6.45, 7) is 8.63. The van der Waals surface area contributed by atoms with Gasteiger partial charge in [0.25, 0.3) is 6.71 Å². The van der Waals surface area contributed by atoms with E-state index in [4.69, 9.17) is 0 Å². The Bertz CT molecular complexity index is 443. The fourth-order valence-corrected chi connectivity index (χ4v) is 3.45. The van der Waals surface area contributed by atoms with Crippen LogP contribution in [0.1, 0.15) is 50.8 Å². The summed E-state index contributed by atoms with van der Waals surface area (Å²) in [6.07, 6.45) is 3.43. The van der Waals surface area contributed by atoms with E-state index >= 15 is 0 Å². The van der Waals surface area contributed by atoms with Crippen LogP contribution >= 0.6 is 0 Å². The van der Waals surface area contributed by atoms with E-state index in [1.165, 1.54) is 12.8 Å². The molecule has 2 rings (SSSR count). The lowest BCUT2D eigenvalue weighted by molar-refractivity contribution is 0.464. The molecule has 1 saturated heterocycles. The maximum Gasteiger partial charge on any atom is 0.273 e. The van der Waals surface area contributed by atoms with Crippen molar-refractivity contribution < 1.29 is 0 Å². The average molecular weight is 244 g/mol. The first-order valence-corrected chi connectivity index (χ1v) is 6.82. The number of nitriles is 1. The van der Waals surface area contributed by atoms with Crippen LogP contribution in [0, 0.1) is 25.1 Å². The van der Waals surface area contributed by atoms with Crippen molar-refractivity contribution in [1.29, 1.82) is 5.26 Å². The van der Waals surface area contributed by atoms with Crippen molar-refractivity contribution >= 4 is 6.71 Å². The van der Waals surface area contributed by atoms with Crippen molar-refractivity contribution in [3.05, 3.63) is 11.6 Å². The minimum atomic E-state index is 0.226. The number of hydrogen-bond acceptors (Lipinski definition) is 3. The predicted molar refractivity (Wildman–Crippen MR) is 72.6 cm³/mol. The zero-order valence-corrected chi connectivity index (χ0v) is 11.7. The molecule has 4 nitrogen and oxygen atoms in total. The summed E-state index contributed by atoms with van der Waals surface area (Å²) in [4.78, 5) is 0. The molecule has 1 aromatic rings. The van der Waals surface area contributed by atoms with E-state index in [0.29, 0.717) is 17.7 Å². The number of nitrogens with zero attached hydrogens (tertiary/aromatic N) is 4. The van der Waals surface area contributed by atoms with Gasteiger partial charge in [0.2, 0.25) is 0 Å². The maximum atomic E-state index is 9.28. The highest BCUT2D eigenvalue weighted by Crippen LogP contribution is 2.42. The van der Waals surface area contributed by atoms with Crippen LogP contribution in [-0.2, 0) is 0 Å². The van der Waals surface area contributed by atoms with Gasteiger partial charge in [-0.15, -0.1) is 10.2 Å². The van der Waals surface area contributed by atoms with Crippen LogP contribution in [0.4, 0.5) is 0 Å².